The molecule has 3 rings (SSSR count). The molecule has 2 heterocycles. The summed E-state index contributed by atoms with van der Waals surface area (Å²) in [6.07, 6.45) is -6.24. The van der Waals surface area contributed by atoms with Gasteiger partial charge in [0.15, 0.2) is 0 Å². The molecule has 13 heteroatoms. The fourth-order valence-electron chi connectivity index (χ4n) is 2.30. The Morgan fingerprint density at radius 1 is 1.41 bits per heavy atom. The predicted molar refractivity (Wildman–Crippen MR) is 94.4 cm³/mol. The summed E-state index contributed by atoms with van der Waals surface area (Å²) in [5.74, 6) is 5.70. The molecule has 2 aliphatic heterocycles. The van der Waals surface area contributed by atoms with Crippen LogP contribution in [0.3, 0.4) is 0 Å². The Hall–Kier alpha value is -1.93. The Labute approximate surface area is 168 Å². The van der Waals surface area contributed by atoms with Crippen molar-refractivity contribution >= 4 is 23.6 Å². The van der Waals surface area contributed by atoms with Crippen molar-refractivity contribution in [3.63, 3.8) is 0 Å². The normalized spacial score (nSPS) is 17.8. The second-order valence-electron chi connectivity index (χ2n) is 5.81. The number of ether oxygens (including phenoxy) is 2. The first-order valence-electron chi connectivity index (χ1n) is 8.07. The number of quaternary nitrogens is 1. The third-order valence-corrected chi connectivity index (χ3v) is 3.87. The molecule has 2 aliphatic rings. The Balaban J connectivity index is 0.000000512. The topological polar surface area (TPSA) is 151 Å². The van der Waals surface area contributed by atoms with Crippen molar-refractivity contribution in [3.05, 3.63) is 33.9 Å². The lowest BCUT2D eigenvalue weighted by molar-refractivity contribution is -0.670. The molecule has 9 nitrogen and oxygen atoms in total. The van der Waals surface area contributed by atoms with Gasteiger partial charge in [0.05, 0.1) is 11.7 Å². The van der Waals surface area contributed by atoms with Gasteiger partial charge < -0.3 is 19.9 Å². The van der Waals surface area contributed by atoms with Gasteiger partial charge in [0.2, 0.25) is 12.9 Å². The lowest BCUT2D eigenvalue weighted by Gasteiger charge is -2.28. The maximum Gasteiger partial charge on any atom is 0.430 e. The van der Waals surface area contributed by atoms with Crippen LogP contribution in [0.4, 0.5) is 13.2 Å². The van der Waals surface area contributed by atoms with Crippen LogP contribution in [0.2, 0.25) is 5.02 Å². The van der Waals surface area contributed by atoms with Crippen LogP contribution in [0.1, 0.15) is 11.1 Å². The molecule has 1 aromatic rings. The van der Waals surface area contributed by atoms with Crippen LogP contribution in [0.25, 0.3) is 6.08 Å². The number of aryl methyl sites for hydroxylation is 1. The van der Waals surface area contributed by atoms with E-state index >= 15 is 0 Å². The number of aliphatic hydroxyl groups is 1. The lowest BCUT2D eigenvalue weighted by atomic mass is 9.99. The van der Waals surface area contributed by atoms with E-state index in [2.05, 4.69) is 26.7 Å². The van der Waals surface area contributed by atoms with Crippen molar-refractivity contribution in [3.8, 4) is 5.75 Å². The van der Waals surface area contributed by atoms with Crippen molar-refractivity contribution in [1.82, 2.24) is 5.32 Å². The monoisotopic (exact) mass is 444 g/mol. The second-order valence-corrected chi connectivity index (χ2v) is 6.25. The van der Waals surface area contributed by atoms with Crippen molar-refractivity contribution in [1.29, 1.82) is 0 Å². The number of hydrogen-bond donors (Lipinski definition) is 5. The van der Waals surface area contributed by atoms with E-state index in [1.807, 2.05) is 0 Å². The summed E-state index contributed by atoms with van der Waals surface area (Å²) in [5, 5.41) is 18.4. The molecule has 1 fully saturated rings. The number of carbonyl (C=O) groups excluding carboxylic acids is 1. The number of rotatable bonds is 3. The number of hydrogen-bond acceptors (Lipinski definition) is 8. The first-order valence-corrected chi connectivity index (χ1v) is 8.45. The van der Waals surface area contributed by atoms with Crippen molar-refractivity contribution < 1.29 is 48.5 Å². The fraction of sp³-hybridized carbons (Fsp3) is 0.438. The molecule has 0 saturated carbocycles. The summed E-state index contributed by atoms with van der Waals surface area (Å²) < 4.78 is 48.8. The molecule has 0 radical (unpaired) electrons. The maximum absolute atomic E-state index is 13.1. The number of benzene rings is 1. The molecular formula is C16H22ClF3N3O6+. The summed E-state index contributed by atoms with van der Waals surface area (Å²) in [6, 6.07) is 2.86. The third kappa shape index (κ3) is 7.12. The van der Waals surface area contributed by atoms with Crippen LogP contribution in [-0.4, -0.2) is 54.5 Å². The molecule has 1 atom stereocenters. The molecule has 29 heavy (non-hydrogen) atoms. The van der Waals surface area contributed by atoms with Crippen molar-refractivity contribution in [2.24, 2.45) is 5.90 Å². The SMILES string of the molecule is Cc1cc(Cl)cc2c1OC(C(F)(F)F)C(C(=O)OCON)=C2.OC1CNC1.[NH3+]O. The Kier molecular flexibility index (Phi) is 9.79. The number of carbonyl (C=O) groups is 1. The van der Waals surface area contributed by atoms with Crippen LogP contribution in [0, 0.1) is 6.92 Å². The summed E-state index contributed by atoms with van der Waals surface area (Å²) in [6.45, 7) is 2.46. The van der Waals surface area contributed by atoms with Crippen molar-refractivity contribution in [2.75, 3.05) is 19.9 Å². The minimum Gasteiger partial charge on any atom is -0.475 e. The maximum atomic E-state index is 13.1. The zero-order valence-electron chi connectivity index (χ0n) is 15.3. The van der Waals surface area contributed by atoms with Gasteiger partial charge in [-0.1, -0.05) is 11.6 Å². The molecule has 1 saturated heterocycles. The molecule has 0 spiro atoms. The Bertz CT molecular complexity index is 729. The molecule has 0 amide bonds. The standard InChI is InChI=1S/C13H11ClF3NO4.C3H7NO.H4NO/c1-6-2-8(14)3-7-4-9(12(19)20-5-21-18)11(13(15,16)17)22-10(6)7;5-3-1-4-2-3;1-2/h2-4,11H,5,18H2,1H3;3-5H,1-2H2;2H,1H3/q;;+1. The average Bonchev–Trinajstić information content (AvgIpc) is 2.64. The predicted octanol–water partition coefficient (Wildman–Crippen LogP) is 0.314. The molecule has 0 aliphatic carbocycles. The third-order valence-electron chi connectivity index (χ3n) is 3.65. The van der Waals surface area contributed by atoms with Crippen LogP contribution >= 0.6 is 11.6 Å². The van der Waals surface area contributed by atoms with E-state index in [9.17, 15) is 18.0 Å². The quantitative estimate of drug-likeness (QED) is 0.254. The van der Waals surface area contributed by atoms with Gasteiger partial charge in [0, 0.05) is 23.7 Å². The Morgan fingerprint density at radius 2 is 2.00 bits per heavy atom. The fourth-order valence-corrected chi connectivity index (χ4v) is 2.58. The number of fused-ring (bicyclic) bond motifs is 1. The van der Waals surface area contributed by atoms with Gasteiger partial charge in [-0.15, -0.1) is 0 Å². The number of nitrogens with one attached hydrogen (secondary N) is 1. The highest BCUT2D eigenvalue weighted by Crippen LogP contribution is 2.40. The van der Waals surface area contributed by atoms with E-state index in [1.165, 1.54) is 12.1 Å². The minimum atomic E-state index is -4.79. The zero-order valence-corrected chi connectivity index (χ0v) is 16.1. The van der Waals surface area contributed by atoms with Gasteiger partial charge >= 0.3 is 12.1 Å². The number of esters is 1. The molecule has 0 bridgehead atoms. The van der Waals surface area contributed by atoms with Gasteiger partial charge in [0.25, 0.3) is 0 Å². The van der Waals surface area contributed by atoms with Crippen LogP contribution in [-0.2, 0) is 14.4 Å². The Morgan fingerprint density at radius 3 is 2.45 bits per heavy atom. The van der Waals surface area contributed by atoms with Crippen LogP contribution in [0.5, 0.6) is 5.75 Å². The number of aliphatic hydroxyl groups excluding tert-OH is 1. The average molecular weight is 445 g/mol. The highest BCUT2D eigenvalue weighted by atomic mass is 35.5. The van der Waals surface area contributed by atoms with Crippen LogP contribution < -0.4 is 21.8 Å². The van der Waals surface area contributed by atoms with E-state index in [1.54, 1.807) is 6.92 Å². The van der Waals surface area contributed by atoms with Gasteiger partial charge in [-0.05, 0) is 30.7 Å². The minimum absolute atomic E-state index is 0.0124. The summed E-state index contributed by atoms with van der Waals surface area (Å²) >= 11 is 5.86. The summed E-state index contributed by atoms with van der Waals surface area (Å²) in [7, 11) is 0. The van der Waals surface area contributed by atoms with Gasteiger partial charge in [-0.25, -0.2) is 21.8 Å². The number of nitrogens with two attached hydrogens (primary N) is 1. The summed E-state index contributed by atoms with van der Waals surface area (Å²) in [4.78, 5) is 15.8. The van der Waals surface area contributed by atoms with Crippen LogP contribution in [0.15, 0.2) is 17.7 Å². The van der Waals surface area contributed by atoms with Gasteiger partial charge in [-0.2, -0.15) is 13.2 Å². The van der Waals surface area contributed by atoms with E-state index in [0.717, 1.165) is 19.2 Å². The first kappa shape index (κ1) is 25.1. The zero-order chi connectivity index (χ0) is 22.2. The smallest absolute Gasteiger partial charge is 0.430 e. The van der Waals surface area contributed by atoms with E-state index in [0.29, 0.717) is 10.6 Å². The van der Waals surface area contributed by atoms with Gasteiger partial charge in [0.1, 0.15) is 5.75 Å². The number of β-amino-alcohol motifs (C(OH)–C–C–N with tert-alkyl or cyclic N) is 1. The number of alkyl halides is 3. The highest BCUT2D eigenvalue weighted by Gasteiger charge is 2.49. The molecule has 1 aromatic carbocycles. The van der Waals surface area contributed by atoms with E-state index < -0.39 is 30.6 Å². The molecular weight excluding hydrogens is 423 g/mol. The first-order chi connectivity index (χ1) is 13.6. The largest absolute Gasteiger partial charge is 0.475 e. The summed E-state index contributed by atoms with van der Waals surface area (Å²) in [5.41, 5.74) is -0.0319. The lowest BCUT2D eigenvalue weighted by Crippen LogP contribution is -2.46. The van der Waals surface area contributed by atoms with E-state index in [4.69, 9.17) is 26.7 Å². The highest BCUT2D eigenvalue weighted by molar-refractivity contribution is 6.30. The molecule has 164 valence electrons. The number of halogens is 4. The molecule has 0 aromatic heterocycles. The van der Waals surface area contributed by atoms with E-state index in [-0.39, 0.29) is 17.4 Å². The molecule has 1 unspecified atom stereocenters. The molecule has 8 N–H and O–H groups in total. The second kappa shape index (κ2) is 11.3. The van der Waals surface area contributed by atoms with Gasteiger partial charge in [-0.3, -0.25) is 4.84 Å². The van der Waals surface area contributed by atoms with Crippen molar-refractivity contribution in [2.45, 2.75) is 25.3 Å².